The molecule has 3 rings (SSSR count). The van der Waals surface area contributed by atoms with Gasteiger partial charge in [-0.3, -0.25) is 4.79 Å². The van der Waals surface area contributed by atoms with Gasteiger partial charge in [-0.25, -0.2) is 9.97 Å². The van der Waals surface area contributed by atoms with Gasteiger partial charge < -0.3 is 5.11 Å². The van der Waals surface area contributed by atoms with Crippen molar-refractivity contribution in [3.05, 3.63) is 22.8 Å². The van der Waals surface area contributed by atoms with Crippen LogP contribution in [0.5, 0.6) is 0 Å². The van der Waals surface area contributed by atoms with Crippen molar-refractivity contribution in [2.45, 2.75) is 44.4 Å². The van der Waals surface area contributed by atoms with Crippen LogP contribution in [-0.4, -0.2) is 21.0 Å². The normalized spacial score (nSPS) is 23.2. The summed E-state index contributed by atoms with van der Waals surface area (Å²) in [7, 11) is 0. The van der Waals surface area contributed by atoms with Gasteiger partial charge >= 0.3 is 5.97 Å². The fourth-order valence-corrected chi connectivity index (χ4v) is 2.57. The number of fused-ring (bicyclic) bond motifs is 1. The molecule has 1 aromatic heterocycles. The van der Waals surface area contributed by atoms with E-state index in [0.717, 1.165) is 42.0 Å². The lowest BCUT2D eigenvalue weighted by Crippen LogP contribution is -2.12. The second-order valence-electron chi connectivity index (χ2n) is 4.72. The third-order valence-electron chi connectivity index (χ3n) is 3.45. The van der Waals surface area contributed by atoms with Gasteiger partial charge in [-0.2, -0.15) is 0 Å². The molecule has 84 valence electrons. The Bertz CT molecular complexity index is 466. The average Bonchev–Trinajstić information content (AvgIpc) is 2.97. The molecule has 1 unspecified atom stereocenters. The lowest BCUT2D eigenvalue weighted by Gasteiger charge is -2.11. The molecule has 4 nitrogen and oxygen atoms in total. The van der Waals surface area contributed by atoms with Crippen molar-refractivity contribution in [2.24, 2.45) is 0 Å². The Morgan fingerprint density at radius 3 is 2.69 bits per heavy atom. The molecule has 16 heavy (non-hydrogen) atoms. The highest BCUT2D eigenvalue weighted by molar-refractivity contribution is 5.78. The molecule has 0 aliphatic heterocycles. The van der Waals surface area contributed by atoms with Crippen molar-refractivity contribution in [3.8, 4) is 0 Å². The van der Waals surface area contributed by atoms with Gasteiger partial charge in [0.05, 0.1) is 11.6 Å². The number of aromatic nitrogens is 2. The van der Waals surface area contributed by atoms with Crippen LogP contribution < -0.4 is 0 Å². The number of rotatable bonds is 2. The molecule has 0 spiro atoms. The minimum Gasteiger partial charge on any atom is -0.481 e. The maximum atomic E-state index is 11.2. The molecule has 1 N–H and O–H groups in total. The molecule has 2 aliphatic rings. The number of nitrogens with zero attached hydrogens (tertiary/aromatic N) is 2. The minimum atomic E-state index is -0.729. The smallest absolute Gasteiger partial charge is 0.311 e. The second kappa shape index (κ2) is 3.27. The Labute approximate surface area is 93.7 Å². The molecular formula is C12H14N2O2. The van der Waals surface area contributed by atoms with Crippen molar-refractivity contribution in [1.29, 1.82) is 0 Å². The van der Waals surface area contributed by atoms with E-state index in [1.807, 2.05) is 6.92 Å². The SMILES string of the molecule is Cc1nc2c(c(C3CC3)n1)C(C(=O)O)CC2. The number of carboxylic acid groups (broad SMARTS) is 1. The summed E-state index contributed by atoms with van der Waals surface area (Å²) in [6.07, 6.45) is 3.77. The van der Waals surface area contributed by atoms with Crippen LogP contribution in [0.25, 0.3) is 0 Å². The van der Waals surface area contributed by atoms with Crippen LogP contribution in [0.2, 0.25) is 0 Å². The number of carboxylic acids is 1. The molecule has 1 atom stereocenters. The largest absolute Gasteiger partial charge is 0.481 e. The number of carbonyl (C=O) groups is 1. The maximum Gasteiger partial charge on any atom is 0.311 e. The van der Waals surface area contributed by atoms with Crippen LogP contribution in [0.4, 0.5) is 0 Å². The summed E-state index contributed by atoms with van der Waals surface area (Å²) in [5.74, 6) is 0.182. The first-order valence-electron chi connectivity index (χ1n) is 5.77. The van der Waals surface area contributed by atoms with Crippen LogP contribution in [-0.2, 0) is 11.2 Å². The predicted molar refractivity (Wildman–Crippen MR) is 57.4 cm³/mol. The first kappa shape index (κ1) is 9.75. The average molecular weight is 218 g/mol. The number of aliphatic carboxylic acids is 1. The third-order valence-corrected chi connectivity index (χ3v) is 3.45. The van der Waals surface area contributed by atoms with E-state index < -0.39 is 5.97 Å². The van der Waals surface area contributed by atoms with Crippen molar-refractivity contribution < 1.29 is 9.90 Å². The quantitative estimate of drug-likeness (QED) is 0.821. The summed E-state index contributed by atoms with van der Waals surface area (Å²) >= 11 is 0. The van der Waals surface area contributed by atoms with Crippen molar-refractivity contribution in [2.75, 3.05) is 0 Å². The monoisotopic (exact) mass is 218 g/mol. The highest BCUT2D eigenvalue weighted by Crippen LogP contribution is 2.45. The van der Waals surface area contributed by atoms with Crippen LogP contribution >= 0.6 is 0 Å². The van der Waals surface area contributed by atoms with Gasteiger partial charge in [0.15, 0.2) is 0 Å². The molecule has 1 heterocycles. The number of hydrogen-bond donors (Lipinski definition) is 1. The summed E-state index contributed by atoms with van der Waals surface area (Å²) in [6, 6.07) is 0. The molecule has 0 bridgehead atoms. The summed E-state index contributed by atoms with van der Waals surface area (Å²) in [6.45, 7) is 1.89. The van der Waals surface area contributed by atoms with Gasteiger partial charge in [-0.1, -0.05) is 0 Å². The fraction of sp³-hybridized carbons (Fsp3) is 0.583. The van der Waals surface area contributed by atoms with E-state index in [1.54, 1.807) is 0 Å². The zero-order valence-electron chi connectivity index (χ0n) is 9.23. The summed E-state index contributed by atoms with van der Waals surface area (Å²) in [5.41, 5.74) is 2.93. The Kier molecular flexibility index (Phi) is 1.99. The second-order valence-corrected chi connectivity index (χ2v) is 4.72. The fourth-order valence-electron chi connectivity index (χ4n) is 2.57. The Morgan fingerprint density at radius 1 is 1.31 bits per heavy atom. The molecule has 0 aromatic carbocycles. The Morgan fingerprint density at radius 2 is 2.06 bits per heavy atom. The zero-order chi connectivity index (χ0) is 11.3. The van der Waals surface area contributed by atoms with E-state index in [2.05, 4.69) is 9.97 Å². The van der Waals surface area contributed by atoms with Gasteiger partial charge in [0.2, 0.25) is 0 Å². The molecule has 1 fully saturated rings. The lowest BCUT2D eigenvalue weighted by molar-refractivity contribution is -0.138. The Balaban J connectivity index is 2.14. The molecule has 1 saturated carbocycles. The molecule has 0 radical (unpaired) electrons. The van der Waals surface area contributed by atoms with E-state index in [1.165, 1.54) is 0 Å². The predicted octanol–water partition coefficient (Wildman–Crippen LogP) is 1.78. The van der Waals surface area contributed by atoms with Crippen molar-refractivity contribution >= 4 is 5.97 Å². The van der Waals surface area contributed by atoms with Gasteiger partial charge in [-0.15, -0.1) is 0 Å². The highest BCUT2D eigenvalue weighted by atomic mass is 16.4. The molecular weight excluding hydrogens is 204 g/mol. The van der Waals surface area contributed by atoms with Gasteiger partial charge in [0.25, 0.3) is 0 Å². The Hall–Kier alpha value is -1.45. The molecule has 4 heteroatoms. The standard InChI is InChI=1S/C12H14N2O2/c1-6-13-9-5-4-8(12(15)16)10(9)11(14-6)7-2-3-7/h7-8H,2-5H2,1H3,(H,15,16). The zero-order valence-corrected chi connectivity index (χ0v) is 9.23. The number of hydrogen-bond acceptors (Lipinski definition) is 3. The van der Waals surface area contributed by atoms with E-state index >= 15 is 0 Å². The van der Waals surface area contributed by atoms with Crippen LogP contribution in [0.1, 0.15) is 53.9 Å². The molecule has 0 amide bonds. The van der Waals surface area contributed by atoms with E-state index in [-0.39, 0.29) is 5.92 Å². The minimum absolute atomic E-state index is 0.369. The van der Waals surface area contributed by atoms with E-state index in [9.17, 15) is 9.90 Å². The first-order valence-corrected chi connectivity index (χ1v) is 5.77. The molecule has 2 aliphatic carbocycles. The number of aryl methyl sites for hydroxylation is 2. The summed E-state index contributed by atoms with van der Waals surface area (Å²) in [5, 5.41) is 9.20. The topological polar surface area (TPSA) is 63.1 Å². The van der Waals surface area contributed by atoms with E-state index in [4.69, 9.17) is 0 Å². The van der Waals surface area contributed by atoms with Crippen LogP contribution in [0.3, 0.4) is 0 Å². The molecule has 0 saturated heterocycles. The van der Waals surface area contributed by atoms with Gasteiger partial charge in [0, 0.05) is 17.2 Å². The van der Waals surface area contributed by atoms with Crippen molar-refractivity contribution in [1.82, 2.24) is 9.97 Å². The van der Waals surface area contributed by atoms with Crippen LogP contribution in [0, 0.1) is 6.92 Å². The van der Waals surface area contributed by atoms with Gasteiger partial charge in [0.1, 0.15) is 5.82 Å². The van der Waals surface area contributed by atoms with Crippen LogP contribution in [0.15, 0.2) is 0 Å². The van der Waals surface area contributed by atoms with Crippen molar-refractivity contribution in [3.63, 3.8) is 0 Å². The molecule has 1 aromatic rings. The lowest BCUT2D eigenvalue weighted by atomic mass is 9.99. The summed E-state index contributed by atoms with van der Waals surface area (Å²) in [4.78, 5) is 20.0. The first-order chi connectivity index (χ1) is 7.66. The van der Waals surface area contributed by atoms with Gasteiger partial charge in [-0.05, 0) is 32.6 Å². The van der Waals surface area contributed by atoms with E-state index in [0.29, 0.717) is 12.3 Å². The highest BCUT2D eigenvalue weighted by Gasteiger charge is 2.38. The maximum absolute atomic E-state index is 11.2. The third kappa shape index (κ3) is 1.40. The summed E-state index contributed by atoms with van der Waals surface area (Å²) < 4.78 is 0.